The number of halogens is 1. The molecular weight excluding hydrogens is 330 g/mol. The van der Waals surface area contributed by atoms with Crippen LogP contribution in [0.15, 0.2) is 35.3 Å². The van der Waals surface area contributed by atoms with Gasteiger partial charge in [-0.3, -0.25) is 5.32 Å². The molecule has 0 radical (unpaired) electrons. The Labute approximate surface area is 143 Å². The topological polar surface area (TPSA) is 102 Å². The summed E-state index contributed by atoms with van der Waals surface area (Å²) in [6.45, 7) is 2.53. The van der Waals surface area contributed by atoms with Crippen LogP contribution in [-0.4, -0.2) is 29.9 Å². The molecule has 0 saturated carbocycles. The lowest BCUT2D eigenvalue weighted by atomic mass is 10.1. The van der Waals surface area contributed by atoms with Crippen molar-refractivity contribution in [3.05, 3.63) is 40.9 Å². The first-order valence-corrected chi connectivity index (χ1v) is 7.76. The van der Waals surface area contributed by atoms with Crippen molar-refractivity contribution in [1.29, 1.82) is 0 Å². The Morgan fingerprint density at radius 2 is 2.17 bits per heavy atom. The van der Waals surface area contributed by atoms with Crippen molar-refractivity contribution in [3.8, 4) is 0 Å². The van der Waals surface area contributed by atoms with Gasteiger partial charge in [-0.15, -0.1) is 0 Å². The lowest BCUT2D eigenvalue weighted by Crippen LogP contribution is -2.20. The fourth-order valence-corrected chi connectivity index (χ4v) is 2.43. The molecule has 8 heteroatoms. The van der Waals surface area contributed by atoms with E-state index >= 15 is 0 Å². The van der Waals surface area contributed by atoms with Crippen molar-refractivity contribution in [2.45, 2.75) is 6.92 Å². The molecule has 124 valence electrons. The van der Waals surface area contributed by atoms with Gasteiger partial charge in [-0.25, -0.2) is 14.8 Å². The van der Waals surface area contributed by atoms with Gasteiger partial charge < -0.3 is 15.8 Å². The Morgan fingerprint density at radius 3 is 2.88 bits per heavy atom. The molecule has 0 fully saturated rings. The molecule has 2 heterocycles. The Balaban J connectivity index is 1.89. The van der Waals surface area contributed by atoms with Crippen molar-refractivity contribution in [1.82, 2.24) is 4.98 Å². The Bertz CT molecular complexity index is 805. The predicted molar refractivity (Wildman–Crippen MR) is 95.4 cm³/mol. The third kappa shape index (κ3) is 3.41. The van der Waals surface area contributed by atoms with Crippen LogP contribution in [0.25, 0.3) is 0 Å². The second kappa shape index (κ2) is 6.76. The fraction of sp³-hybridized carbons (Fsp3) is 0.188. The molecule has 0 saturated heterocycles. The number of aliphatic imine (C=N–C) groups is 1. The third-order valence-corrected chi connectivity index (χ3v) is 3.65. The van der Waals surface area contributed by atoms with Crippen LogP contribution in [-0.2, 0) is 4.74 Å². The second-order valence-corrected chi connectivity index (χ2v) is 5.49. The number of hydrogen-bond donors (Lipinski definition) is 3. The van der Waals surface area contributed by atoms with Gasteiger partial charge in [-0.05, 0) is 24.6 Å². The number of carbonyl (C=O) groups excluding carboxylic acids is 1. The number of pyridine rings is 1. The van der Waals surface area contributed by atoms with E-state index in [9.17, 15) is 4.79 Å². The van der Waals surface area contributed by atoms with Crippen LogP contribution in [0, 0.1) is 0 Å². The van der Waals surface area contributed by atoms with Gasteiger partial charge in [-0.1, -0.05) is 23.7 Å². The number of ether oxygens (including phenoxy) is 1. The quantitative estimate of drug-likeness (QED) is 0.791. The summed E-state index contributed by atoms with van der Waals surface area (Å²) in [6.07, 6.45) is -0.578. The maximum atomic E-state index is 11.5. The lowest BCUT2D eigenvalue weighted by molar-refractivity contribution is 0.168. The highest BCUT2D eigenvalue weighted by molar-refractivity contribution is 6.30. The largest absolute Gasteiger partial charge is 0.450 e. The predicted octanol–water partition coefficient (Wildman–Crippen LogP) is 3.43. The number of anilines is 3. The highest BCUT2D eigenvalue weighted by Crippen LogP contribution is 2.35. The van der Waals surface area contributed by atoms with Crippen LogP contribution in [0.1, 0.15) is 12.5 Å². The number of aromatic nitrogens is 1. The number of hydrogen-bond acceptors (Lipinski definition) is 6. The number of nitrogen functional groups attached to an aromatic ring is 1. The summed E-state index contributed by atoms with van der Waals surface area (Å²) in [5.41, 5.74) is 9.01. The number of amides is 1. The number of carbonyl (C=O) groups is 1. The van der Waals surface area contributed by atoms with E-state index < -0.39 is 6.09 Å². The molecule has 0 aliphatic carbocycles. The zero-order valence-corrected chi connectivity index (χ0v) is 13.7. The molecule has 3 rings (SSSR count). The fourth-order valence-electron chi connectivity index (χ4n) is 2.31. The van der Waals surface area contributed by atoms with Gasteiger partial charge >= 0.3 is 6.09 Å². The summed E-state index contributed by atoms with van der Waals surface area (Å²) in [5, 5.41) is 6.43. The Hall–Kier alpha value is -2.80. The summed E-state index contributed by atoms with van der Waals surface area (Å²) in [6, 6.07) is 9.08. The molecule has 7 nitrogen and oxygen atoms in total. The van der Waals surface area contributed by atoms with E-state index in [4.69, 9.17) is 22.1 Å². The van der Waals surface area contributed by atoms with Crippen molar-refractivity contribution < 1.29 is 9.53 Å². The molecular formula is C16H16ClN5O2. The summed E-state index contributed by atoms with van der Waals surface area (Å²) in [5.74, 6) is 0.528. The maximum absolute atomic E-state index is 11.5. The average molecular weight is 346 g/mol. The first-order valence-electron chi connectivity index (χ1n) is 7.38. The maximum Gasteiger partial charge on any atom is 0.412 e. The van der Waals surface area contributed by atoms with Gasteiger partial charge in [0.2, 0.25) is 0 Å². The normalized spacial score (nSPS) is 12.7. The van der Waals surface area contributed by atoms with Crippen molar-refractivity contribution >= 4 is 46.4 Å². The summed E-state index contributed by atoms with van der Waals surface area (Å²) >= 11 is 5.91. The number of nitrogens with one attached hydrogen (secondary N) is 2. The Kier molecular flexibility index (Phi) is 4.52. The van der Waals surface area contributed by atoms with Gasteiger partial charge in [0.25, 0.3) is 0 Å². The van der Waals surface area contributed by atoms with Crippen molar-refractivity contribution in [2.24, 2.45) is 4.99 Å². The smallest absolute Gasteiger partial charge is 0.412 e. The molecule has 1 aromatic heterocycles. The molecule has 1 amide bonds. The highest BCUT2D eigenvalue weighted by atomic mass is 35.5. The molecule has 1 aliphatic rings. The monoisotopic (exact) mass is 345 g/mol. The van der Waals surface area contributed by atoms with E-state index in [-0.39, 0.29) is 12.4 Å². The van der Waals surface area contributed by atoms with Gasteiger partial charge in [0, 0.05) is 11.1 Å². The van der Waals surface area contributed by atoms with Gasteiger partial charge in [0.15, 0.2) is 5.82 Å². The van der Waals surface area contributed by atoms with Gasteiger partial charge in [0.05, 0.1) is 24.6 Å². The molecule has 0 bridgehead atoms. The van der Waals surface area contributed by atoms with Crippen molar-refractivity contribution in [2.75, 3.05) is 29.5 Å². The highest BCUT2D eigenvalue weighted by Gasteiger charge is 2.18. The molecule has 0 spiro atoms. The second-order valence-electron chi connectivity index (χ2n) is 5.05. The van der Waals surface area contributed by atoms with E-state index in [1.807, 2.05) is 24.3 Å². The summed E-state index contributed by atoms with van der Waals surface area (Å²) in [4.78, 5) is 20.2. The van der Waals surface area contributed by atoms with Crippen LogP contribution < -0.4 is 16.4 Å². The van der Waals surface area contributed by atoms with Gasteiger partial charge in [0.1, 0.15) is 11.5 Å². The summed E-state index contributed by atoms with van der Waals surface area (Å²) < 4.78 is 4.82. The summed E-state index contributed by atoms with van der Waals surface area (Å²) in [7, 11) is 0. The van der Waals surface area contributed by atoms with E-state index in [0.29, 0.717) is 28.8 Å². The molecule has 2 aromatic rings. The minimum Gasteiger partial charge on any atom is -0.450 e. The van der Waals surface area contributed by atoms with Gasteiger partial charge in [-0.2, -0.15) is 0 Å². The number of nitrogens with zero attached hydrogens (tertiary/aromatic N) is 2. The Morgan fingerprint density at radius 1 is 1.42 bits per heavy atom. The lowest BCUT2D eigenvalue weighted by Gasteiger charge is -2.20. The first kappa shape index (κ1) is 16.1. The van der Waals surface area contributed by atoms with E-state index in [1.54, 1.807) is 13.0 Å². The van der Waals surface area contributed by atoms with Crippen molar-refractivity contribution in [3.63, 3.8) is 0 Å². The van der Waals surface area contributed by atoms with Crippen LogP contribution >= 0.6 is 11.6 Å². The third-order valence-electron chi connectivity index (χ3n) is 3.40. The molecule has 1 aromatic carbocycles. The molecule has 24 heavy (non-hydrogen) atoms. The average Bonchev–Trinajstić information content (AvgIpc) is 2.55. The zero-order chi connectivity index (χ0) is 17.1. The zero-order valence-electron chi connectivity index (χ0n) is 13.0. The minimum atomic E-state index is -0.578. The van der Waals surface area contributed by atoms with Crippen LogP contribution in [0.3, 0.4) is 0 Å². The van der Waals surface area contributed by atoms with Crippen LogP contribution in [0.4, 0.5) is 27.8 Å². The van der Waals surface area contributed by atoms with E-state index in [1.165, 1.54) is 0 Å². The van der Waals surface area contributed by atoms with Crippen LogP contribution in [0.5, 0.6) is 0 Å². The number of fused-ring (bicyclic) bond motifs is 1. The number of nitrogens with two attached hydrogens (primary N) is 1. The standard InChI is InChI=1S/C16H16ClN5O2/c1-2-24-16(23)22-13-7-11-14(15(18)21-13)20-12(8-19-11)9-3-5-10(17)6-4-9/h3-7,19H,2,8H2,1H3,(H3,18,21,22,23). The SMILES string of the molecule is CCOC(=O)Nc1cc2c(c(N)n1)N=C(c1ccc(Cl)cc1)CN2. The molecule has 0 unspecified atom stereocenters. The molecule has 4 N–H and O–H groups in total. The molecule has 0 atom stereocenters. The number of rotatable bonds is 3. The minimum absolute atomic E-state index is 0.220. The number of benzene rings is 1. The molecule has 1 aliphatic heterocycles. The van der Waals surface area contributed by atoms with Crippen LogP contribution in [0.2, 0.25) is 5.02 Å². The van der Waals surface area contributed by atoms with E-state index in [0.717, 1.165) is 11.3 Å². The first-order chi connectivity index (χ1) is 11.6. The van der Waals surface area contributed by atoms with E-state index in [2.05, 4.69) is 20.6 Å².